The molecule has 5 nitrogen and oxygen atoms in total. The summed E-state index contributed by atoms with van der Waals surface area (Å²) in [6.45, 7) is 4.59. The molecule has 5 heteroatoms. The molecule has 0 spiro atoms. The van der Waals surface area contributed by atoms with E-state index in [2.05, 4.69) is 12.2 Å². The summed E-state index contributed by atoms with van der Waals surface area (Å²) in [4.78, 5) is 12.2. The molecule has 0 fully saturated rings. The van der Waals surface area contributed by atoms with Crippen LogP contribution in [0.5, 0.6) is 5.75 Å². The molecular formula is C19H25NO4. The van der Waals surface area contributed by atoms with E-state index in [4.69, 9.17) is 9.15 Å². The number of hydrogen-bond acceptors (Lipinski definition) is 4. The number of hydrogen-bond donors (Lipinski definition) is 2. The fraction of sp³-hybridized carbons (Fsp3) is 0.421. The normalized spacial score (nSPS) is 13.3. The van der Waals surface area contributed by atoms with E-state index in [1.807, 2.05) is 0 Å². The monoisotopic (exact) mass is 331 g/mol. The van der Waals surface area contributed by atoms with Crippen LogP contribution < -0.4 is 10.1 Å². The van der Waals surface area contributed by atoms with Crippen molar-refractivity contribution in [2.45, 2.75) is 38.7 Å². The molecule has 0 aliphatic rings. The molecule has 0 radical (unpaired) electrons. The molecule has 130 valence electrons. The second kappa shape index (κ2) is 8.55. The van der Waals surface area contributed by atoms with Crippen molar-refractivity contribution in [3.63, 3.8) is 0 Å². The fourth-order valence-electron chi connectivity index (χ4n) is 2.26. The molecule has 24 heavy (non-hydrogen) atoms. The van der Waals surface area contributed by atoms with Gasteiger partial charge in [0, 0.05) is 18.5 Å². The van der Waals surface area contributed by atoms with Crippen molar-refractivity contribution in [1.82, 2.24) is 5.32 Å². The van der Waals surface area contributed by atoms with E-state index in [1.54, 1.807) is 49.6 Å². The average molecular weight is 331 g/mol. The van der Waals surface area contributed by atoms with Crippen molar-refractivity contribution in [3.8, 4) is 5.75 Å². The minimum Gasteiger partial charge on any atom is -0.494 e. The van der Waals surface area contributed by atoms with Gasteiger partial charge < -0.3 is 19.6 Å². The number of aliphatic hydroxyl groups is 1. The zero-order chi connectivity index (χ0) is 17.4. The number of unbranched alkanes of at least 4 members (excludes halogenated alkanes) is 1. The highest BCUT2D eigenvalue weighted by Gasteiger charge is 2.23. The molecular weight excluding hydrogens is 306 g/mol. The number of nitrogens with one attached hydrogen (secondary N) is 1. The van der Waals surface area contributed by atoms with Gasteiger partial charge in [0.15, 0.2) is 0 Å². The Kier molecular flexibility index (Phi) is 6.44. The van der Waals surface area contributed by atoms with Crippen LogP contribution in [-0.2, 0) is 6.42 Å². The highest BCUT2D eigenvalue weighted by molar-refractivity contribution is 5.94. The van der Waals surface area contributed by atoms with Crippen molar-refractivity contribution in [2.75, 3.05) is 13.2 Å². The summed E-state index contributed by atoms with van der Waals surface area (Å²) in [6.07, 6.45) is 3.99. The zero-order valence-electron chi connectivity index (χ0n) is 14.2. The van der Waals surface area contributed by atoms with Crippen LogP contribution in [0, 0.1) is 0 Å². The lowest BCUT2D eigenvalue weighted by Gasteiger charge is -2.22. The third kappa shape index (κ3) is 5.74. The molecule has 0 bridgehead atoms. The van der Waals surface area contributed by atoms with Gasteiger partial charge in [0.05, 0.1) is 18.5 Å². The summed E-state index contributed by atoms with van der Waals surface area (Å²) in [6, 6.07) is 10.6. The highest BCUT2D eigenvalue weighted by atomic mass is 16.5. The van der Waals surface area contributed by atoms with Crippen LogP contribution in [-0.4, -0.2) is 29.8 Å². The standard InChI is InChI=1S/C19H25NO4/c1-3-4-11-23-16-9-7-15(8-10-16)18(21)20-14-19(2,22)13-17-6-5-12-24-17/h5-10,12,22H,3-4,11,13-14H2,1-2H3,(H,20,21). The Morgan fingerprint density at radius 2 is 2.04 bits per heavy atom. The number of amides is 1. The quantitative estimate of drug-likeness (QED) is 0.692. The maximum atomic E-state index is 12.2. The lowest BCUT2D eigenvalue weighted by molar-refractivity contribution is 0.0510. The van der Waals surface area contributed by atoms with Crippen LogP contribution in [0.15, 0.2) is 47.1 Å². The van der Waals surface area contributed by atoms with Gasteiger partial charge in [0.2, 0.25) is 0 Å². The summed E-state index contributed by atoms with van der Waals surface area (Å²) in [5.74, 6) is 1.21. The molecule has 2 N–H and O–H groups in total. The Labute approximate surface area is 142 Å². The third-order valence-corrected chi connectivity index (χ3v) is 3.65. The maximum absolute atomic E-state index is 12.2. The second-order valence-electron chi connectivity index (χ2n) is 6.16. The molecule has 2 aromatic rings. The first-order chi connectivity index (χ1) is 11.5. The van der Waals surface area contributed by atoms with E-state index in [0.717, 1.165) is 18.6 Å². The third-order valence-electron chi connectivity index (χ3n) is 3.65. The Balaban J connectivity index is 1.83. The fourth-order valence-corrected chi connectivity index (χ4v) is 2.26. The summed E-state index contributed by atoms with van der Waals surface area (Å²) in [5.41, 5.74) is -0.539. The van der Waals surface area contributed by atoms with Gasteiger partial charge in [0.1, 0.15) is 11.5 Å². The van der Waals surface area contributed by atoms with Crippen LogP contribution in [0.1, 0.15) is 42.8 Å². The van der Waals surface area contributed by atoms with Crippen LogP contribution >= 0.6 is 0 Å². The van der Waals surface area contributed by atoms with Gasteiger partial charge in [-0.2, -0.15) is 0 Å². The van der Waals surface area contributed by atoms with Gasteiger partial charge in [-0.15, -0.1) is 0 Å². The van der Waals surface area contributed by atoms with Crippen LogP contribution in [0.2, 0.25) is 0 Å². The average Bonchev–Trinajstić information content (AvgIpc) is 3.06. The van der Waals surface area contributed by atoms with Crippen molar-refractivity contribution in [1.29, 1.82) is 0 Å². The van der Waals surface area contributed by atoms with Crippen LogP contribution in [0.4, 0.5) is 0 Å². The number of benzene rings is 1. The molecule has 0 aliphatic heterocycles. The minimum atomic E-state index is -1.07. The summed E-state index contributed by atoms with van der Waals surface area (Å²) < 4.78 is 10.8. The second-order valence-corrected chi connectivity index (χ2v) is 6.16. The van der Waals surface area contributed by atoms with Crippen molar-refractivity contribution in [2.24, 2.45) is 0 Å². The first kappa shape index (κ1) is 18.1. The SMILES string of the molecule is CCCCOc1ccc(C(=O)NCC(C)(O)Cc2ccco2)cc1. The number of ether oxygens (including phenoxy) is 1. The van der Waals surface area contributed by atoms with E-state index in [0.29, 0.717) is 24.4 Å². The maximum Gasteiger partial charge on any atom is 0.251 e. The van der Waals surface area contributed by atoms with Gasteiger partial charge in [-0.1, -0.05) is 13.3 Å². The van der Waals surface area contributed by atoms with Crippen LogP contribution in [0.25, 0.3) is 0 Å². The Hall–Kier alpha value is -2.27. The molecule has 0 saturated carbocycles. The molecule has 1 amide bonds. The van der Waals surface area contributed by atoms with Gasteiger partial charge in [-0.05, 0) is 49.7 Å². The molecule has 1 heterocycles. The minimum absolute atomic E-state index is 0.140. The van der Waals surface area contributed by atoms with Crippen molar-refractivity contribution in [3.05, 3.63) is 54.0 Å². The largest absolute Gasteiger partial charge is 0.494 e. The molecule has 0 aliphatic carbocycles. The lowest BCUT2D eigenvalue weighted by Crippen LogP contribution is -2.42. The highest BCUT2D eigenvalue weighted by Crippen LogP contribution is 2.15. The molecule has 1 unspecified atom stereocenters. The predicted molar refractivity (Wildman–Crippen MR) is 92.2 cm³/mol. The molecule has 1 atom stereocenters. The molecule has 0 saturated heterocycles. The molecule has 1 aromatic heterocycles. The van der Waals surface area contributed by atoms with E-state index in [9.17, 15) is 9.90 Å². The summed E-state index contributed by atoms with van der Waals surface area (Å²) in [7, 11) is 0. The van der Waals surface area contributed by atoms with Crippen molar-refractivity contribution >= 4 is 5.91 Å². The van der Waals surface area contributed by atoms with Gasteiger partial charge >= 0.3 is 0 Å². The van der Waals surface area contributed by atoms with E-state index < -0.39 is 5.60 Å². The van der Waals surface area contributed by atoms with E-state index in [-0.39, 0.29) is 12.5 Å². The Morgan fingerprint density at radius 1 is 1.29 bits per heavy atom. The predicted octanol–water partition coefficient (Wildman–Crippen LogP) is 3.18. The topological polar surface area (TPSA) is 71.7 Å². The van der Waals surface area contributed by atoms with Crippen LogP contribution in [0.3, 0.4) is 0 Å². The smallest absolute Gasteiger partial charge is 0.251 e. The Morgan fingerprint density at radius 3 is 2.67 bits per heavy atom. The number of carbonyl (C=O) groups excluding carboxylic acids is 1. The van der Waals surface area contributed by atoms with E-state index >= 15 is 0 Å². The number of rotatable bonds is 9. The first-order valence-electron chi connectivity index (χ1n) is 8.26. The first-order valence-corrected chi connectivity index (χ1v) is 8.26. The summed E-state index contributed by atoms with van der Waals surface area (Å²) in [5, 5.41) is 13.1. The summed E-state index contributed by atoms with van der Waals surface area (Å²) >= 11 is 0. The number of carbonyl (C=O) groups is 1. The van der Waals surface area contributed by atoms with Crippen molar-refractivity contribution < 1.29 is 19.1 Å². The Bertz CT molecular complexity index is 617. The molecule has 2 rings (SSSR count). The van der Waals surface area contributed by atoms with Gasteiger partial charge in [-0.3, -0.25) is 4.79 Å². The lowest BCUT2D eigenvalue weighted by atomic mass is 10.0. The zero-order valence-corrected chi connectivity index (χ0v) is 14.2. The molecule has 1 aromatic carbocycles. The van der Waals surface area contributed by atoms with Gasteiger partial charge in [0.25, 0.3) is 5.91 Å². The number of furan rings is 1. The van der Waals surface area contributed by atoms with Gasteiger partial charge in [-0.25, -0.2) is 0 Å². The van der Waals surface area contributed by atoms with E-state index in [1.165, 1.54) is 0 Å².